The van der Waals surface area contributed by atoms with Crippen molar-refractivity contribution >= 4 is 34.8 Å². The van der Waals surface area contributed by atoms with Gasteiger partial charge in [0.25, 0.3) is 5.91 Å². The zero-order valence-electron chi connectivity index (χ0n) is 19.2. The van der Waals surface area contributed by atoms with Crippen molar-refractivity contribution in [1.82, 2.24) is 0 Å². The van der Waals surface area contributed by atoms with Gasteiger partial charge in [-0.25, -0.2) is 0 Å². The molecule has 0 bridgehead atoms. The zero-order valence-corrected chi connectivity index (χ0v) is 19.9. The third kappa shape index (κ3) is 6.36. The van der Waals surface area contributed by atoms with E-state index in [0.717, 1.165) is 17.5 Å². The molecule has 35 heavy (non-hydrogen) atoms. The fraction of sp³-hybridized carbons (Fsp3) is 0.231. The van der Waals surface area contributed by atoms with E-state index in [0.29, 0.717) is 54.0 Å². The molecule has 8 nitrogen and oxygen atoms in total. The summed E-state index contributed by atoms with van der Waals surface area (Å²) in [4.78, 5) is 19.0. The third-order valence-electron chi connectivity index (χ3n) is 5.58. The van der Waals surface area contributed by atoms with E-state index in [1.165, 1.54) is 0 Å². The van der Waals surface area contributed by atoms with Crippen LogP contribution in [-0.4, -0.2) is 31.1 Å². The van der Waals surface area contributed by atoms with E-state index in [1.54, 1.807) is 29.2 Å². The summed E-state index contributed by atoms with van der Waals surface area (Å²) in [5, 5.41) is 0.614. The van der Waals surface area contributed by atoms with Crippen LogP contribution in [-0.2, 0) is 17.8 Å². The van der Waals surface area contributed by atoms with Crippen LogP contribution in [0.5, 0.6) is 11.5 Å². The van der Waals surface area contributed by atoms with Gasteiger partial charge in [0.05, 0.1) is 18.8 Å². The Labute approximate surface area is 209 Å². The molecule has 3 aromatic rings. The molecule has 6 N–H and O–H groups in total. The lowest BCUT2D eigenvalue weighted by atomic mass is 10.1. The first-order chi connectivity index (χ1) is 16.9. The first kappa shape index (κ1) is 24.2. The number of hydrogen-bond donors (Lipinski definition) is 3. The summed E-state index contributed by atoms with van der Waals surface area (Å²) in [6.07, 6.45) is 0.444. The molecule has 0 aliphatic carbocycles. The lowest BCUT2D eigenvalue weighted by Gasteiger charge is -2.34. The number of nitrogens with zero attached hydrogens (tertiary/aromatic N) is 2. The lowest BCUT2D eigenvalue weighted by Crippen LogP contribution is -2.46. The second-order valence-electron chi connectivity index (χ2n) is 8.23. The Morgan fingerprint density at radius 3 is 2.60 bits per heavy atom. The van der Waals surface area contributed by atoms with Crippen LogP contribution in [0.1, 0.15) is 17.5 Å². The maximum Gasteiger partial charge on any atom is 0.268 e. The van der Waals surface area contributed by atoms with Gasteiger partial charge < -0.3 is 31.6 Å². The molecule has 9 heteroatoms. The molecule has 1 amide bonds. The van der Waals surface area contributed by atoms with Gasteiger partial charge in [0.1, 0.15) is 11.5 Å². The summed E-state index contributed by atoms with van der Waals surface area (Å²) < 4.78 is 11.9. The number of benzene rings is 3. The molecule has 3 aromatic carbocycles. The van der Waals surface area contributed by atoms with Gasteiger partial charge in [-0.1, -0.05) is 35.9 Å². The van der Waals surface area contributed by atoms with Crippen LogP contribution in [0.25, 0.3) is 0 Å². The smallest absolute Gasteiger partial charge is 0.268 e. The Morgan fingerprint density at radius 1 is 1.06 bits per heavy atom. The molecule has 1 atom stereocenters. The molecular weight excluding hydrogens is 466 g/mol. The molecular formula is C26H28ClN5O3. The normalized spacial score (nSPS) is 14.7. The Morgan fingerprint density at radius 2 is 1.86 bits per heavy atom. The third-order valence-corrected chi connectivity index (χ3v) is 5.82. The fourth-order valence-corrected chi connectivity index (χ4v) is 4.07. The predicted octanol–water partition coefficient (Wildman–Crippen LogP) is 3.50. The lowest BCUT2D eigenvalue weighted by molar-refractivity contribution is -0.127. The van der Waals surface area contributed by atoms with Crippen molar-refractivity contribution in [2.45, 2.75) is 25.5 Å². The van der Waals surface area contributed by atoms with Crippen molar-refractivity contribution < 1.29 is 14.3 Å². The quantitative estimate of drug-likeness (QED) is 0.237. The number of carbonyl (C=O) groups is 1. The van der Waals surface area contributed by atoms with Crippen molar-refractivity contribution in [2.24, 2.45) is 16.5 Å². The summed E-state index contributed by atoms with van der Waals surface area (Å²) in [5.74, 6) is 1.25. The van der Waals surface area contributed by atoms with E-state index in [-0.39, 0.29) is 11.9 Å². The van der Waals surface area contributed by atoms with Crippen molar-refractivity contribution in [3.8, 4) is 11.5 Å². The van der Waals surface area contributed by atoms with Crippen LogP contribution < -0.4 is 31.6 Å². The summed E-state index contributed by atoms with van der Waals surface area (Å²) in [7, 11) is 0. The highest BCUT2D eigenvalue weighted by Gasteiger charge is 2.34. The Kier molecular flexibility index (Phi) is 7.62. The van der Waals surface area contributed by atoms with E-state index in [9.17, 15) is 4.79 Å². The molecule has 0 aromatic heterocycles. The second kappa shape index (κ2) is 11.0. The van der Waals surface area contributed by atoms with Gasteiger partial charge in [-0.05, 0) is 60.0 Å². The number of nitrogens with two attached hydrogens (primary N) is 3. The summed E-state index contributed by atoms with van der Waals surface area (Å²) >= 11 is 6.15. The van der Waals surface area contributed by atoms with E-state index in [1.807, 2.05) is 42.5 Å². The molecule has 0 fully saturated rings. The fourth-order valence-electron chi connectivity index (χ4n) is 3.85. The number of carbonyl (C=O) groups excluding carboxylic acids is 1. The van der Waals surface area contributed by atoms with E-state index >= 15 is 0 Å². The Hall–Kier alpha value is -3.91. The first-order valence-corrected chi connectivity index (χ1v) is 11.7. The zero-order chi connectivity index (χ0) is 24.8. The molecule has 1 unspecified atom stereocenters. The number of aliphatic imine (C=N–C) groups is 1. The van der Waals surface area contributed by atoms with Crippen molar-refractivity contribution in [3.63, 3.8) is 0 Å². The highest BCUT2D eigenvalue weighted by molar-refractivity contribution is 6.30. The minimum Gasteiger partial charge on any atom is -0.493 e. The minimum atomic E-state index is -0.677. The Bertz CT molecular complexity index is 1210. The van der Waals surface area contributed by atoms with E-state index in [4.69, 9.17) is 38.3 Å². The van der Waals surface area contributed by atoms with Gasteiger partial charge in [0, 0.05) is 23.7 Å². The van der Waals surface area contributed by atoms with Gasteiger partial charge in [-0.3, -0.25) is 9.79 Å². The molecule has 1 aliphatic heterocycles. The maximum atomic E-state index is 13.4. The number of amides is 1. The van der Waals surface area contributed by atoms with Crippen LogP contribution in [0.4, 0.5) is 11.4 Å². The number of guanidine groups is 1. The average molecular weight is 494 g/mol. The predicted molar refractivity (Wildman–Crippen MR) is 139 cm³/mol. The number of ether oxygens (including phenoxy) is 2. The molecule has 1 aliphatic rings. The van der Waals surface area contributed by atoms with Gasteiger partial charge in [0.15, 0.2) is 12.1 Å². The number of rotatable bonds is 9. The number of anilines is 2. The average Bonchev–Trinajstić information content (AvgIpc) is 2.83. The second-order valence-corrected chi connectivity index (χ2v) is 8.66. The molecule has 0 spiro atoms. The molecule has 0 radical (unpaired) electrons. The van der Waals surface area contributed by atoms with Gasteiger partial charge in [-0.2, -0.15) is 0 Å². The van der Waals surface area contributed by atoms with Crippen molar-refractivity contribution in [2.75, 3.05) is 23.8 Å². The van der Waals surface area contributed by atoms with Crippen molar-refractivity contribution in [1.29, 1.82) is 0 Å². The summed E-state index contributed by atoms with van der Waals surface area (Å²) in [5.41, 5.74) is 19.9. The van der Waals surface area contributed by atoms with Crippen LogP contribution >= 0.6 is 11.6 Å². The summed E-state index contributed by atoms with van der Waals surface area (Å²) in [6.45, 7) is 1.21. The highest BCUT2D eigenvalue weighted by atomic mass is 35.5. The van der Waals surface area contributed by atoms with Crippen LogP contribution in [0.2, 0.25) is 5.02 Å². The number of hydrogen-bond acceptors (Lipinski definition) is 5. The number of halogens is 1. The van der Waals surface area contributed by atoms with Crippen molar-refractivity contribution in [3.05, 3.63) is 82.9 Å². The molecule has 1 heterocycles. The van der Waals surface area contributed by atoms with E-state index < -0.39 is 6.10 Å². The number of fused-ring (bicyclic) bond motifs is 1. The Balaban J connectivity index is 1.40. The monoisotopic (exact) mass is 493 g/mol. The van der Waals surface area contributed by atoms with Gasteiger partial charge in [0.2, 0.25) is 0 Å². The number of nitrogen functional groups attached to an aromatic ring is 1. The molecule has 0 saturated carbocycles. The highest BCUT2D eigenvalue weighted by Crippen LogP contribution is 2.37. The van der Waals surface area contributed by atoms with Gasteiger partial charge >= 0.3 is 0 Å². The first-order valence-electron chi connectivity index (χ1n) is 11.3. The van der Waals surface area contributed by atoms with Crippen LogP contribution in [0.15, 0.2) is 71.7 Å². The van der Waals surface area contributed by atoms with E-state index in [2.05, 4.69) is 4.99 Å². The van der Waals surface area contributed by atoms with Crippen LogP contribution in [0.3, 0.4) is 0 Å². The van der Waals surface area contributed by atoms with Crippen LogP contribution in [0, 0.1) is 0 Å². The minimum absolute atomic E-state index is 0.0849. The largest absolute Gasteiger partial charge is 0.493 e. The SMILES string of the molecule is NC(N)=NCCc1ccc(OCCC2Oc3ccc(N)cc3N(Cc3cccc(Cl)c3)C2=O)cc1. The molecule has 182 valence electrons. The molecule has 4 rings (SSSR count). The van der Waals surface area contributed by atoms with Gasteiger partial charge in [-0.15, -0.1) is 0 Å². The standard InChI is InChI=1S/C26H28ClN5O3/c27-19-3-1-2-18(14-19)16-32-22-15-20(28)6-9-23(22)35-24(25(32)33)11-13-34-21-7-4-17(5-8-21)10-12-31-26(29)30/h1-9,14-15,24H,10-13,16,28H2,(H4,29,30,31). The molecule has 0 saturated heterocycles. The maximum absolute atomic E-state index is 13.4. The topological polar surface area (TPSA) is 129 Å². The summed E-state index contributed by atoms with van der Waals surface area (Å²) in [6, 6.07) is 20.4.